The average molecular weight is 251 g/mol. The van der Waals surface area contributed by atoms with Gasteiger partial charge in [0.05, 0.1) is 25.0 Å². The van der Waals surface area contributed by atoms with Crippen LogP contribution < -0.4 is 0 Å². The molecule has 1 aliphatic heterocycles. The molecule has 100 valence electrons. The second kappa shape index (κ2) is 6.00. The molecule has 1 saturated heterocycles. The Kier molecular flexibility index (Phi) is 4.36. The van der Waals surface area contributed by atoms with E-state index in [4.69, 9.17) is 4.74 Å². The van der Waals surface area contributed by atoms with Crippen molar-refractivity contribution in [1.82, 2.24) is 14.5 Å². The van der Waals surface area contributed by atoms with Crippen LogP contribution in [0.5, 0.6) is 0 Å². The third-order valence-corrected chi connectivity index (χ3v) is 3.65. The second-order valence-corrected chi connectivity index (χ2v) is 4.74. The summed E-state index contributed by atoms with van der Waals surface area (Å²) in [5.74, 6) is 0.0237. The quantitative estimate of drug-likeness (QED) is 0.757. The van der Waals surface area contributed by atoms with E-state index in [0.717, 1.165) is 39.0 Å². The molecule has 18 heavy (non-hydrogen) atoms. The molecule has 0 radical (unpaired) electrons. The normalized spacial score (nSPS) is 17.9. The summed E-state index contributed by atoms with van der Waals surface area (Å²) < 4.78 is 6.95. The number of nitrogens with zero attached hydrogens (tertiary/aromatic N) is 3. The van der Waals surface area contributed by atoms with E-state index in [9.17, 15) is 4.79 Å². The maximum atomic E-state index is 11.4. The molecule has 2 rings (SSSR count). The second-order valence-electron chi connectivity index (χ2n) is 4.74. The molecule has 1 aromatic heterocycles. The predicted octanol–water partition coefficient (Wildman–Crippen LogP) is 1.29. The minimum Gasteiger partial charge on any atom is -0.469 e. The summed E-state index contributed by atoms with van der Waals surface area (Å²) >= 11 is 0. The number of imidazole rings is 1. The lowest BCUT2D eigenvalue weighted by molar-refractivity contribution is -0.147. The van der Waals surface area contributed by atoms with Crippen molar-refractivity contribution in [2.24, 2.45) is 5.92 Å². The maximum Gasteiger partial charge on any atom is 0.308 e. The Hall–Kier alpha value is -1.36. The lowest BCUT2D eigenvalue weighted by atomic mass is 9.97. The number of likely N-dealkylation sites (tertiary alicyclic amines) is 1. The molecule has 0 N–H and O–H groups in total. The number of aromatic nitrogens is 2. The summed E-state index contributed by atoms with van der Waals surface area (Å²) in [5, 5.41) is 0. The van der Waals surface area contributed by atoms with Crippen LogP contribution in [0.2, 0.25) is 0 Å². The molecule has 0 aliphatic carbocycles. The Morgan fingerprint density at radius 3 is 2.83 bits per heavy atom. The molecule has 0 saturated carbocycles. The van der Waals surface area contributed by atoms with Crippen LogP contribution in [0.15, 0.2) is 12.5 Å². The number of methoxy groups -OCH3 is 1. The Morgan fingerprint density at radius 2 is 2.22 bits per heavy atom. The molecular weight excluding hydrogens is 230 g/mol. The van der Waals surface area contributed by atoms with Gasteiger partial charge in [-0.05, 0) is 32.9 Å². The third kappa shape index (κ3) is 2.90. The lowest BCUT2D eigenvalue weighted by Gasteiger charge is -2.30. The van der Waals surface area contributed by atoms with Gasteiger partial charge in [0, 0.05) is 19.3 Å². The van der Waals surface area contributed by atoms with Crippen molar-refractivity contribution in [1.29, 1.82) is 0 Å². The zero-order valence-electron chi connectivity index (χ0n) is 11.1. The molecule has 0 atom stereocenters. The monoisotopic (exact) mass is 251 g/mol. The van der Waals surface area contributed by atoms with E-state index in [1.807, 2.05) is 12.5 Å². The molecule has 0 amide bonds. The maximum absolute atomic E-state index is 11.4. The number of rotatable bonds is 4. The van der Waals surface area contributed by atoms with E-state index in [1.165, 1.54) is 12.8 Å². The first-order chi connectivity index (χ1) is 8.74. The largest absolute Gasteiger partial charge is 0.469 e. The zero-order chi connectivity index (χ0) is 13.0. The van der Waals surface area contributed by atoms with E-state index in [0.29, 0.717) is 0 Å². The van der Waals surface area contributed by atoms with E-state index in [-0.39, 0.29) is 11.9 Å². The van der Waals surface area contributed by atoms with Crippen molar-refractivity contribution < 1.29 is 9.53 Å². The topological polar surface area (TPSA) is 47.4 Å². The van der Waals surface area contributed by atoms with Crippen LogP contribution in [-0.2, 0) is 22.6 Å². The molecule has 2 heterocycles. The van der Waals surface area contributed by atoms with Gasteiger partial charge in [-0.3, -0.25) is 9.69 Å². The van der Waals surface area contributed by atoms with Gasteiger partial charge in [0.1, 0.15) is 0 Å². The number of ether oxygens (including phenoxy) is 1. The smallest absolute Gasteiger partial charge is 0.308 e. The highest BCUT2D eigenvalue weighted by atomic mass is 16.5. The lowest BCUT2D eigenvalue weighted by Crippen LogP contribution is -2.36. The van der Waals surface area contributed by atoms with Gasteiger partial charge in [-0.25, -0.2) is 4.98 Å². The highest BCUT2D eigenvalue weighted by Crippen LogP contribution is 2.19. The van der Waals surface area contributed by atoms with Gasteiger partial charge in [0.25, 0.3) is 0 Å². The Morgan fingerprint density at radius 1 is 1.50 bits per heavy atom. The molecule has 5 heteroatoms. The molecule has 1 aliphatic rings. The van der Waals surface area contributed by atoms with Crippen LogP contribution >= 0.6 is 0 Å². The summed E-state index contributed by atoms with van der Waals surface area (Å²) in [5.41, 5.74) is 1.24. The summed E-state index contributed by atoms with van der Waals surface area (Å²) in [6.45, 7) is 5.90. The number of carbonyl (C=O) groups excluding carboxylic acids is 1. The fourth-order valence-electron chi connectivity index (χ4n) is 2.49. The number of hydrogen-bond acceptors (Lipinski definition) is 4. The first kappa shape index (κ1) is 13.1. The Balaban J connectivity index is 1.85. The van der Waals surface area contributed by atoms with E-state index in [2.05, 4.69) is 21.4 Å². The van der Waals surface area contributed by atoms with E-state index >= 15 is 0 Å². The van der Waals surface area contributed by atoms with E-state index in [1.54, 1.807) is 0 Å². The minimum atomic E-state index is -0.0618. The predicted molar refractivity (Wildman–Crippen MR) is 67.9 cm³/mol. The van der Waals surface area contributed by atoms with Crippen LogP contribution in [-0.4, -0.2) is 40.6 Å². The van der Waals surface area contributed by atoms with Crippen LogP contribution in [0, 0.1) is 5.92 Å². The van der Waals surface area contributed by atoms with Crippen molar-refractivity contribution in [3.05, 3.63) is 18.2 Å². The first-order valence-electron chi connectivity index (χ1n) is 6.53. The highest BCUT2D eigenvalue weighted by molar-refractivity contribution is 5.72. The van der Waals surface area contributed by atoms with Gasteiger partial charge in [0.2, 0.25) is 0 Å². The van der Waals surface area contributed by atoms with Crippen molar-refractivity contribution >= 4 is 5.97 Å². The molecule has 1 fully saturated rings. The van der Waals surface area contributed by atoms with Crippen LogP contribution in [0.1, 0.15) is 25.5 Å². The van der Waals surface area contributed by atoms with Crippen molar-refractivity contribution in [2.75, 3.05) is 20.2 Å². The summed E-state index contributed by atoms with van der Waals surface area (Å²) in [4.78, 5) is 18.0. The Labute approximate surface area is 108 Å². The van der Waals surface area contributed by atoms with Gasteiger partial charge in [-0.15, -0.1) is 0 Å². The van der Waals surface area contributed by atoms with Crippen LogP contribution in [0.3, 0.4) is 0 Å². The number of piperidine rings is 1. The van der Waals surface area contributed by atoms with Gasteiger partial charge in [0.15, 0.2) is 0 Å². The number of aryl methyl sites for hydroxylation is 1. The Bertz CT molecular complexity index is 395. The fraction of sp³-hybridized carbons (Fsp3) is 0.692. The minimum absolute atomic E-state index is 0.0618. The molecule has 1 aromatic rings. The molecule has 0 aromatic carbocycles. The van der Waals surface area contributed by atoms with Gasteiger partial charge >= 0.3 is 5.97 Å². The SMILES string of the molecule is CCn1cncc1CN1CCC(C(=O)OC)CC1. The van der Waals surface area contributed by atoms with E-state index < -0.39 is 0 Å². The van der Waals surface area contributed by atoms with Crippen molar-refractivity contribution in [2.45, 2.75) is 32.9 Å². The van der Waals surface area contributed by atoms with Gasteiger partial charge in [-0.2, -0.15) is 0 Å². The number of hydrogen-bond donors (Lipinski definition) is 0. The molecule has 5 nitrogen and oxygen atoms in total. The number of carbonyl (C=O) groups is 1. The summed E-state index contributed by atoms with van der Waals surface area (Å²) in [7, 11) is 1.47. The molecule has 0 spiro atoms. The van der Waals surface area contributed by atoms with Crippen LogP contribution in [0.4, 0.5) is 0 Å². The average Bonchev–Trinajstić information content (AvgIpc) is 2.86. The molecular formula is C13H21N3O2. The zero-order valence-corrected chi connectivity index (χ0v) is 11.1. The standard InChI is InChI=1S/C13H21N3O2/c1-3-16-10-14-8-12(16)9-15-6-4-11(5-7-15)13(17)18-2/h8,10-11H,3-7,9H2,1-2H3. The van der Waals surface area contributed by atoms with Crippen LogP contribution in [0.25, 0.3) is 0 Å². The fourth-order valence-corrected chi connectivity index (χ4v) is 2.49. The first-order valence-corrected chi connectivity index (χ1v) is 6.53. The summed E-state index contributed by atoms with van der Waals surface area (Å²) in [6.07, 6.45) is 5.59. The molecule has 0 bridgehead atoms. The third-order valence-electron chi connectivity index (χ3n) is 3.65. The van der Waals surface area contributed by atoms with Gasteiger partial charge < -0.3 is 9.30 Å². The summed E-state index contributed by atoms with van der Waals surface area (Å²) in [6, 6.07) is 0. The number of esters is 1. The van der Waals surface area contributed by atoms with Crippen molar-refractivity contribution in [3.8, 4) is 0 Å². The molecule has 0 unspecified atom stereocenters. The van der Waals surface area contributed by atoms with Crippen molar-refractivity contribution in [3.63, 3.8) is 0 Å². The van der Waals surface area contributed by atoms with Gasteiger partial charge in [-0.1, -0.05) is 0 Å². The highest BCUT2D eigenvalue weighted by Gasteiger charge is 2.25.